The Bertz CT molecular complexity index is 284. The zero-order chi connectivity index (χ0) is 12.6. The zero-order valence-corrected chi connectivity index (χ0v) is 11.0. The van der Waals surface area contributed by atoms with Crippen LogP contribution in [0.1, 0.15) is 52.9 Å². The van der Waals surface area contributed by atoms with Crippen LogP contribution in [0.25, 0.3) is 0 Å². The molecule has 2 heterocycles. The minimum Gasteiger partial charge on any atom is -0.444 e. The van der Waals surface area contributed by atoms with Crippen LogP contribution in [0.2, 0.25) is 0 Å². The Hall–Kier alpha value is -0.770. The summed E-state index contributed by atoms with van der Waals surface area (Å²) in [4.78, 5) is 14.0. The molecule has 4 nitrogen and oxygen atoms in total. The predicted molar refractivity (Wildman–Crippen MR) is 64.7 cm³/mol. The average Bonchev–Trinajstić information content (AvgIpc) is 2.12. The molecule has 98 valence electrons. The summed E-state index contributed by atoms with van der Waals surface area (Å²) in [6, 6.07) is 0.347. The van der Waals surface area contributed by atoms with E-state index in [2.05, 4.69) is 0 Å². The number of carbonyl (C=O) groups excluding carboxylic acids is 1. The van der Waals surface area contributed by atoms with Crippen molar-refractivity contribution in [2.45, 2.75) is 76.7 Å². The van der Waals surface area contributed by atoms with Crippen molar-refractivity contribution in [1.82, 2.24) is 4.90 Å². The van der Waals surface area contributed by atoms with Crippen LogP contribution < -0.4 is 0 Å². The van der Waals surface area contributed by atoms with Crippen LogP contribution in [0.4, 0.5) is 4.79 Å². The van der Waals surface area contributed by atoms with Crippen LogP contribution in [-0.4, -0.2) is 39.9 Å². The number of nitrogens with zero attached hydrogens (tertiary/aromatic N) is 1. The first kappa shape index (κ1) is 12.7. The van der Waals surface area contributed by atoms with Gasteiger partial charge in [0.15, 0.2) is 0 Å². The lowest BCUT2D eigenvalue weighted by Crippen LogP contribution is -2.56. The Morgan fingerprint density at radius 1 is 1.24 bits per heavy atom. The van der Waals surface area contributed by atoms with E-state index in [0.29, 0.717) is 12.8 Å². The first-order valence-electron chi connectivity index (χ1n) is 6.56. The molecule has 0 radical (unpaired) electrons. The van der Waals surface area contributed by atoms with Gasteiger partial charge in [-0.05, 0) is 52.9 Å². The Labute approximate surface area is 103 Å². The van der Waals surface area contributed by atoms with Crippen LogP contribution in [0.5, 0.6) is 0 Å². The molecule has 0 unspecified atom stereocenters. The highest BCUT2D eigenvalue weighted by Crippen LogP contribution is 2.35. The predicted octanol–water partition coefficient (Wildman–Crippen LogP) is 2.30. The first-order chi connectivity index (χ1) is 7.87. The van der Waals surface area contributed by atoms with E-state index in [0.717, 1.165) is 19.3 Å². The lowest BCUT2D eigenvalue weighted by Gasteiger charge is -2.47. The fourth-order valence-corrected chi connectivity index (χ4v) is 2.97. The minimum absolute atomic E-state index is 0.173. The van der Waals surface area contributed by atoms with Crippen LogP contribution in [0, 0.1) is 0 Å². The third kappa shape index (κ3) is 2.92. The van der Waals surface area contributed by atoms with Gasteiger partial charge in [0.2, 0.25) is 0 Å². The summed E-state index contributed by atoms with van der Waals surface area (Å²) in [5.41, 5.74) is -0.443. The molecule has 2 aliphatic heterocycles. The molecule has 0 aliphatic carbocycles. The molecule has 2 atom stereocenters. The second kappa shape index (κ2) is 4.48. The molecule has 17 heavy (non-hydrogen) atoms. The second-order valence-corrected chi connectivity index (χ2v) is 6.25. The smallest absolute Gasteiger partial charge is 0.410 e. The van der Waals surface area contributed by atoms with Crippen LogP contribution in [0.3, 0.4) is 0 Å². The van der Waals surface area contributed by atoms with Crippen molar-refractivity contribution in [2.24, 2.45) is 0 Å². The number of aliphatic hydroxyl groups excluding tert-OH is 1. The van der Waals surface area contributed by atoms with Crippen LogP contribution in [0.15, 0.2) is 0 Å². The minimum atomic E-state index is -0.443. The highest BCUT2D eigenvalue weighted by atomic mass is 16.6. The quantitative estimate of drug-likeness (QED) is 0.708. The summed E-state index contributed by atoms with van der Waals surface area (Å²) >= 11 is 0. The molecule has 0 spiro atoms. The van der Waals surface area contributed by atoms with E-state index >= 15 is 0 Å². The fraction of sp³-hybridized carbons (Fsp3) is 0.923. The van der Waals surface area contributed by atoms with Gasteiger partial charge in [0, 0.05) is 12.1 Å². The molecule has 2 bridgehead atoms. The summed E-state index contributed by atoms with van der Waals surface area (Å²) < 4.78 is 5.45. The van der Waals surface area contributed by atoms with Gasteiger partial charge in [-0.3, -0.25) is 0 Å². The summed E-state index contributed by atoms with van der Waals surface area (Å²) in [7, 11) is 0. The molecule has 0 aromatic heterocycles. The number of carbonyl (C=O) groups is 1. The highest BCUT2D eigenvalue weighted by molar-refractivity contribution is 5.69. The monoisotopic (exact) mass is 241 g/mol. The molecule has 0 aromatic rings. The molecule has 1 N–H and O–H groups in total. The lowest BCUT2D eigenvalue weighted by molar-refractivity contribution is -0.0455. The van der Waals surface area contributed by atoms with Gasteiger partial charge in [-0.1, -0.05) is 0 Å². The van der Waals surface area contributed by atoms with E-state index < -0.39 is 5.60 Å². The molecule has 0 aromatic carbocycles. The van der Waals surface area contributed by atoms with E-state index in [1.807, 2.05) is 25.7 Å². The van der Waals surface area contributed by atoms with Crippen LogP contribution in [-0.2, 0) is 4.74 Å². The Balaban J connectivity index is 2.07. The molecule has 2 fully saturated rings. The van der Waals surface area contributed by atoms with Gasteiger partial charge in [0.1, 0.15) is 5.60 Å². The second-order valence-electron chi connectivity index (χ2n) is 6.25. The van der Waals surface area contributed by atoms with Crippen molar-refractivity contribution in [3.8, 4) is 0 Å². The Kier molecular flexibility index (Phi) is 3.34. The van der Waals surface area contributed by atoms with Crippen molar-refractivity contribution in [1.29, 1.82) is 0 Å². The molecule has 1 amide bonds. The van der Waals surface area contributed by atoms with Gasteiger partial charge < -0.3 is 14.7 Å². The van der Waals surface area contributed by atoms with Gasteiger partial charge in [0.25, 0.3) is 0 Å². The summed E-state index contributed by atoms with van der Waals surface area (Å²) in [6.45, 7) is 5.67. The number of hydrogen-bond donors (Lipinski definition) is 1. The number of piperidine rings is 2. The first-order valence-corrected chi connectivity index (χ1v) is 6.56. The van der Waals surface area contributed by atoms with Crippen molar-refractivity contribution >= 4 is 6.09 Å². The number of rotatable bonds is 0. The molecule has 2 rings (SSSR count). The summed E-state index contributed by atoms with van der Waals surface area (Å²) in [5, 5.41) is 9.77. The SMILES string of the molecule is CC(C)(C)OC(=O)N1[C@@H]2CCC[C@@H]1CC(O)C2. The number of fused-ring (bicyclic) bond motifs is 2. The molecule has 4 heteroatoms. The van der Waals surface area contributed by atoms with E-state index in [1.165, 1.54) is 0 Å². The average molecular weight is 241 g/mol. The maximum absolute atomic E-state index is 12.2. The Morgan fingerprint density at radius 2 is 1.76 bits per heavy atom. The van der Waals surface area contributed by atoms with Crippen molar-refractivity contribution in [3.63, 3.8) is 0 Å². The number of ether oxygens (including phenoxy) is 1. The van der Waals surface area contributed by atoms with Gasteiger partial charge in [-0.15, -0.1) is 0 Å². The molecule has 2 saturated heterocycles. The number of amides is 1. The number of aliphatic hydroxyl groups is 1. The topological polar surface area (TPSA) is 49.8 Å². The summed E-state index contributed by atoms with van der Waals surface area (Å²) in [6.07, 6.45) is 4.09. The fourth-order valence-electron chi connectivity index (χ4n) is 2.97. The van der Waals surface area contributed by atoms with E-state index in [4.69, 9.17) is 4.74 Å². The molecule has 0 saturated carbocycles. The van der Waals surface area contributed by atoms with Crippen LogP contribution >= 0.6 is 0 Å². The third-order valence-electron chi connectivity index (χ3n) is 3.55. The Morgan fingerprint density at radius 3 is 2.24 bits per heavy atom. The maximum atomic E-state index is 12.2. The van der Waals surface area contributed by atoms with Gasteiger partial charge >= 0.3 is 6.09 Å². The van der Waals surface area contributed by atoms with Gasteiger partial charge in [0.05, 0.1) is 6.10 Å². The maximum Gasteiger partial charge on any atom is 0.410 e. The van der Waals surface area contributed by atoms with Crippen molar-refractivity contribution in [3.05, 3.63) is 0 Å². The van der Waals surface area contributed by atoms with E-state index in [-0.39, 0.29) is 24.3 Å². The number of hydrogen-bond acceptors (Lipinski definition) is 3. The zero-order valence-electron chi connectivity index (χ0n) is 11.0. The molecular weight excluding hydrogens is 218 g/mol. The van der Waals surface area contributed by atoms with E-state index in [1.54, 1.807) is 0 Å². The van der Waals surface area contributed by atoms with Gasteiger partial charge in [-0.25, -0.2) is 4.79 Å². The van der Waals surface area contributed by atoms with Crippen molar-refractivity contribution in [2.75, 3.05) is 0 Å². The normalized spacial score (nSPS) is 33.4. The highest BCUT2D eigenvalue weighted by Gasteiger charge is 2.41. The van der Waals surface area contributed by atoms with Crippen molar-refractivity contribution < 1.29 is 14.6 Å². The standard InChI is InChI=1S/C13H23NO3/c1-13(2,3)17-12(16)14-9-5-4-6-10(14)8-11(15)7-9/h9-11,15H,4-8H2,1-3H3/t9-,10-/m1/s1. The lowest BCUT2D eigenvalue weighted by atomic mass is 9.83. The van der Waals surface area contributed by atoms with Gasteiger partial charge in [-0.2, -0.15) is 0 Å². The summed E-state index contributed by atoms with van der Waals surface area (Å²) in [5.74, 6) is 0. The van der Waals surface area contributed by atoms with E-state index in [9.17, 15) is 9.90 Å². The molecular formula is C13H23NO3. The largest absolute Gasteiger partial charge is 0.444 e. The molecule has 2 aliphatic rings. The third-order valence-corrected chi connectivity index (χ3v) is 3.55.